The van der Waals surface area contributed by atoms with Crippen LogP contribution in [-0.4, -0.2) is 68.5 Å². The molecule has 0 aromatic heterocycles. The van der Waals surface area contributed by atoms with Gasteiger partial charge in [-0.3, -0.25) is 9.36 Å². The first-order valence-electron chi connectivity index (χ1n) is 25.0. The van der Waals surface area contributed by atoms with Gasteiger partial charge in [0.1, 0.15) is 13.2 Å². The average molecular weight is 865 g/mol. The number of hydrogen-bond acceptors (Lipinski definition) is 6. The van der Waals surface area contributed by atoms with Crippen LogP contribution in [0.1, 0.15) is 219 Å². The molecular formula is C51H97N2O6P. The molecule has 0 aliphatic heterocycles. The molecule has 60 heavy (non-hydrogen) atoms. The lowest BCUT2D eigenvalue weighted by molar-refractivity contribution is -0.870. The molecule has 0 aromatic rings. The van der Waals surface area contributed by atoms with Crippen LogP contribution < -0.4 is 10.2 Å². The maximum absolute atomic E-state index is 12.9. The highest BCUT2D eigenvalue weighted by molar-refractivity contribution is 7.45. The fourth-order valence-corrected chi connectivity index (χ4v) is 7.73. The van der Waals surface area contributed by atoms with E-state index in [9.17, 15) is 19.4 Å². The van der Waals surface area contributed by atoms with Crippen LogP contribution in [0.15, 0.2) is 48.6 Å². The second kappa shape index (κ2) is 42.7. The van der Waals surface area contributed by atoms with E-state index in [4.69, 9.17) is 9.05 Å². The Labute approximate surface area is 371 Å². The Balaban J connectivity index is 4.42. The standard InChI is InChI=1S/C51H97N2O6P/c1-6-8-10-12-14-16-18-20-22-24-25-26-27-28-29-30-32-34-36-38-40-42-44-50(54)49(48-59-60(56,57)58-47-46-53(3,4)5)52-51(55)45-43-41-39-37-35-33-31-23-21-19-17-15-13-11-9-7-2/h23,28-29,31,34,36,42,44,49-50,54H,6-22,24-27,30,32-33,35,37-41,43,45-48H2,1-5H3,(H-,52,55,56,57)/b29-28+,31-23-,36-34+,44-42+. The minimum atomic E-state index is -4.61. The highest BCUT2D eigenvalue weighted by atomic mass is 31.2. The van der Waals surface area contributed by atoms with E-state index < -0.39 is 26.6 Å². The van der Waals surface area contributed by atoms with Crippen molar-refractivity contribution in [3.8, 4) is 0 Å². The molecule has 0 fully saturated rings. The van der Waals surface area contributed by atoms with E-state index in [-0.39, 0.29) is 12.5 Å². The van der Waals surface area contributed by atoms with Gasteiger partial charge in [0.15, 0.2) is 0 Å². The van der Waals surface area contributed by atoms with E-state index in [1.165, 1.54) is 135 Å². The summed E-state index contributed by atoms with van der Waals surface area (Å²) in [5.74, 6) is -0.220. The number of unbranched alkanes of at least 4 members (excludes halogenated alkanes) is 26. The van der Waals surface area contributed by atoms with Gasteiger partial charge < -0.3 is 28.8 Å². The zero-order valence-corrected chi connectivity index (χ0v) is 40.8. The quantitative estimate of drug-likeness (QED) is 0.0273. The highest BCUT2D eigenvalue weighted by Crippen LogP contribution is 2.38. The maximum atomic E-state index is 12.9. The molecule has 0 rings (SSSR count). The summed E-state index contributed by atoms with van der Waals surface area (Å²) in [5, 5.41) is 13.8. The molecule has 0 saturated carbocycles. The molecule has 8 nitrogen and oxygen atoms in total. The van der Waals surface area contributed by atoms with E-state index in [0.717, 1.165) is 64.2 Å². The number of quaternary nitrogens is 1. The number of phosphoric acid groups is 1. The van der Waals surface area contributed by atoms with Crippen LogP contribution in [0.5, 0.6) is 0 Å². The number of nitrogens with one attached hydrogen (secondary N) is 1. The predicted octanol–water partition coefficient (Wildman–Crippen LogP) is 13.8. The average Bonchev–Trinajstić information content (AvgIpc) is 3.20. The fraction of sp³-hybridized carbons (Fsp3) is 0.824. The van der Waals surface area contributed by atoms with E-state index in [2.05, 4.69) is 55.6 Å². The molecule has 9 heteroatoms. The fourth-order valence-electron chi connectivity index (χ4n) is 7.00. The Hall–Kier alpha value is -1.54. The van der Waals surface area contributed by atoms with Gasteiger partial charge in [0.2, 0.25) is 5.91 Å². The molecule has 0 radical (unpaired) electrons. The summed E-state index contributed by atoms with van der Waals surface area (Å²) in [6, 6.07) is -0.914. The summed E-state index contributed by atoms with van der Waals surface area (Å²) in [6.07, 6.45) is 54.6. The Morgan fingerprint density at radius 3 is 1.35 bits per heavy atom. The molecular weight excluding hydrogens is 768 g/mol. The molecule has 2 N–H and O–H groups in total. The number of hydrogen-bond donors (Lipinski definition) is 2. The monoisotopic (exact) mass is 865 g/mol. The summed E-state index contributed by atoms with van der Waals surface area (Å²) < 4.78 is 23.2. The van der Waals surface area contributed by atoms with Gasteiger partial charge in [-0.25, -0.2) is 0 Å². The smallest absolute Gasteiger partial charge is 0.268 e. The van der Waals surface area contributed by atoms with Crippen LogP contribution in [0.4, 0.5) is 0 Å². The van der Waals surface area contributed by atoms with Crippen LogP contribution in [0.2, 0.25) is 0 Å². The molecule has 0 spiro atoms. The number of allylic oxidation sites excluding steroid dienone is 7. The summed E-state index contributed by atoms with van der Waals surface area (Å²) in [6.45, 7) is 4.61. The van der Waals surface area contributed by atoms with Crippen molar-refractivity contribution in [2.75, 3.05) is 40.9 Å². The number of likely N-dealkylation sites (N-methyl/N-ethyl adjacent to an activating group) is 1. The molecule has 3 atom stereocenters. The van der Waals surface area contributed by atoms with Crippen LogP contribution in [-0.2, 0) is 18.4 Å². The third kappa shape index (κ3) is 44.5. The van der Waals surface area contributed by atoms with E-state index in [1.807, 2.05) is 27.2 Å². The molecule has 0 aromatic carbocycles. The van der Waals surface area contributed by atoms with Crippen molar-refractivity contribution in [3.05, 3.63) is 48.6 Å². The summed E-state index contributed by atoms with van der Waals surface area (Å²) in [7, 11) is 1.23. The molecule has 352 valence electrons. The summed E-state index contributed by atoms with van der Waals surface area (Å²) in [5.41, 5.74) is 0. The van der Waals surface area contributed by atoms with Crippen LogP contribution in [0.25, 0.3) is 0 Å². The Morgan fingerprint density at radius 1 is 0.567 bits per heavy atom. The van der Waals surface area contributed by atoms with Crippen molar-refractivity contribution in [1.29, 1.82) is 0 Å². The van der Waals surface area contributed by atoms with Crippen molar-refractivity contribution >= 4 is 13.7 Å². The first kappa shape index (κ1) is 58.5. The number of amides is 1. The maximum Gasteiger partial charge on any atom is 0.268 e. The SMILES string of the molecule is CCCCCCCCC/C=C\CCCCCCCC(=O)NC(COP(=O)([O-])OCC[N+](C)(C)C)C(O)/C=C/CC/C=C/CC/C=C/CCCCCCCCCCCCCC. The Morgan fingerprint density at radius 2 is 0.933 bits per heavy atom. The second-order valence-corrected chi connectivity index (χ2v) is 19.6. The van der Waals surface area contributed by atoms with E-state index in [0.29, 0.717) is 17.4 Å². The third-order valence-electron chi connectivity index (χ3n) is 11.0. The van der Waals surface area contributed by atoms with Crippen molar-refractivity contribution in [3.63, 3.8) is 0 Å². The topological polar surface area (TPSA) is 108 Å². The van der Waals surface area contributed by atoms with Gasteiger partial charge in [-0.1, -0.05) is 191 Å². The van der Waals surface area contributed by atoms with Gasteiger partial charge >= 0.3 is 0 Å². The zero-order chi connectivity index (χ0) is 44.3. The summed E-state index contributed by atoms with van der Waals surface area (Å²) in [4.78, 5) is 25.4. The van der Waals surface area contributed by atoms with Crippen molar-refractivity contribution in [2.45, 2.75) is 231 Å². The van der Waals surface area contributed by atoms with Gasteiger partial charge in [0, 0.05) is 6.42 Å². The van der Waals surface area contributed by atoms with E-state index in [1.54, 1.807) is 6.08 Å². The van der Waals surface area contributed by atoms with Crippen molar-refractivity contribution in [2.24, 2.45) is 0 Å². The molecule has 0 heterocycles. The lowest BCUT2D eigenvalue weighted by Gasteiger charge is -2.29. The molecule has 0 aliphatic carbocycles. The van der Waals surface area contributed by atoms with Gasteiger partial charge in [0.05, 0.1) is 39.9 Å². The number of carbonyl (C=O) groups excluding carboxylic acids is 1. The van der Waals surface area contributed by atoms with Crippen LogP contribution >= 0.6 is 7.82 Å². The predicted molar refractivity (Wildman–Crippen MR) is 256 cm³/mol. The largest absolute Gasteiger partial charge is 0.756 e. The molecule has 0 bridgehead atoms. The van der Waals surface area contributed by atoms with Gasteiger partial charge in [-0.05, 0) is 70.6 Å². The second-order valence-electron chi connectivity index (χ2n) is 18.1. The van der Waals surface area contributed by atoms with Gasteiger partial charge in [-0.2, -0.15) is 0 Å². The number of aliphatic hydroxyl groups is 1. The minimum Gasteiger partial charge on any atom is -0.756 e. The number of nitrogens with zero attached hydrogens (tertiary/aromatic N) is 1. The molecule has 0 saturated heterocycles. The van der Waals surface area contributed by atoms with Gasteiger partial charge in [0.25, 0.3) is 7.82 Å². The number of phosphoric ester groups is 1. The zero-order valence-electron chi connectivity index (χ0n) is 39.9. The first-order valence-corrected chi connectivity index (χ1v) is 26.5. The highest BCUT2D eigenvalue weighted by Gasteiger charge is 2.23. The number of rotatable bonds is 45. The number of aliphatic hydroxyl groups excluding tert-OH is 1. The molecule has 1 amide bonds. The Kier molecular flexibility index (Phi) is 41.6. The lowest BCUT2D eigenvalue weighted by atomic mass is 10.0. The molecule has 3 unspecified atom stereocenters. The normalized spacial score (nSPS) is 14.6. The van der Waals surface area contributed by atoms with Crippen molar-refractivity contribution in [1.82, 2.24) is 5.32 Å². The van der Waals surface area contributed by atoms with Gasteiger partial charge in [-0.15, -0.1) is 0 Å². The molecule has 0 aliphatic rings. The van der Waals surface area contributed by atoms with Crippen LogP contribution in [0, 0.1) is 0 Å². The summed E-state index contributed by atoms with van der Waals surface area (Å²) >= 11 is 0. The lowest BCUT2D eigenvalue weighted by Crippen LogP contribution is -2.45. The number of carbonyl (C=O) groups is 1. The third-order valence-corrected chi connectivity index (χ3v) is 12.0. The van der Waals surface area contributed by atoms with E-state index >= 15 is 0 Å². The Bertz CT molecular complexity index is 1120. The van der Waals surface area contributed by atoms with Crippen molar-refractivity contribution < 1.29 is 32.9 Å². The minimum absolute atomic E-state index is 0.0113. The first-order chi connectivity index (χ1) is 29.0. The van der Waals surface area contributed by atoms with Crippen LogP contribution in [0.3, 0.4) is 0 Å².